The normalized spacial score (nSPS) is 10.9. The second-order valence-corrected chi connectivity index (χ2v) is 4.79. The van der Waals surface area contributed by atoms with Crippen molar-refractivity contribution in [3.63, 3.8) is 0 Å². The molecule has 0 amide bonds. The van der Waals surface area contributed by atoms with E-state index in [-0.39, 0.29) is 5.75 Å². The first-order valence-electron chi connectivity index (χ1n) is 6.90. The van der Waals surface area contributed by atoms with Crippen LogP contribution in [0.4, 0.5) is 0 Å². The molecule has 0 spiro atoms. The maximum atomic E-state index is 12.0. The van der Waals surface area contributed by atoms with Crippen LogP contribution in [0.5, 0.6) is 11.5 Å². The topological polar surface area (TPSA) is 46.5 Å². The molecule has 0 aliphatic carbocycles. The molecular weight excluding hydrogens is 276 g/mol. The van der Waals surface area contributed by atoms with Gasteiger partial charge in [-0.05, 0) is 23.6 Å². The Morgan fingerprint density at radius 3 is 2.50 bits per heavy atom. The Hall–Kier alpha value is -3.07. The van der Waals surface area contributed by atoms with Crippen LogP contribution in [0.3, 0.4) is 0 Å². The Balaban J connectivity index is 1.81. The molecule has 0 fully saturated rings. The van der Waals surface area contributed by atoms with Gasteiger partial charge in [-0.25, -0.2) is 4.79 Å². The van der Waals surface area contributed by atoms with Crippen LogP contribution in [0.25, 0.3) is 16.8 Å². The minimum absolute atomic E-state index is 0.122. The van der Waals surface area contributed by atoms with Crippen LogP contribution < -0.4 is 4.74 Å². The van der Waals surface area contributed by atoms with Crippen molar-refractivity contribution in [3.05, 3.63) is 78.4 Å². The van der Waals surface area contributed by atoms with Crippen molar-refractivity contribution in [2.24, 2.45) is 0 Å². The minimum Gasteiger partial charge on any atom is -0.507 e. The molecular formula is C19H14O3. The third kappa shape index (κ3) is 2.99. The Labute approximate surface area is 128 Å². The summed E-state index contributed by atoms with van der Waals surface area (Å²) < 4.78 is 5.38. The molecule has 108 valence electrons. The molecule has 3 aromatic carbocycles. The lowest BCUT2D eigenvalue weighted by Crippen LogP contribution is -2.03. The third-order valence-corrected chi connectivity index (χ3v) is 3.30. The summed E-state index contributed by atoms with van der Waals surface area (Å²) in [6, 6.07) is 20.1. The van der Waals surface area contributed by atoms with Gasteiger partial charge in [0, 0.05) is 17.0 Å². The number of para-hydroxylation sites is 1. The van der Waals surface area contributed by atoms with Gasteiger partial charge in [-0.15, -0.1) is 0 Å². The minimum atomic E-state index is -0.486. The highest BCUT2D eigenvalue weighted by atomic mass is 16.5. The number of phenols is 1. The summed E-state index contributed by atoms with van der Waals surface area (Å²) >= 11 is 0. The number of ether oxygens (including phenoxy) is 1. The predicted molar refractivity (Wildman–Crippen MR) is 86.7 cm³/mol. The van der Waals surface area contributed by atoms with E-state index in [0.717, 1.165) is 10.8 Å². The highest BCUT2D eigenvalue weighted by molar-refractivity contribution is 5.94. The zero-order chi connectivity index (χ0) is 15.4. The maximum absolute atomic E-state index is 12.0. The van der Waals surface area contributed by atoms with Gasteiger partial charge in [0.25, 0.3) is 0 Å². The van der Waals surface area contributed by atoms with Gasteiger partial charge in [-0.3, -0.25) is 0 Å². The second kappa shape index (κ2) is 6.14. The molecule has 0 saturated carbocycles. The van der Waals surface area contributed by atoms with Gasteiger partial charge >= 0.3 is 5.97 Å². The standard InChI is InChI=1S/C19H14O3/c20-17-10-4-2-7-15(17)12-13-19(21)22-18-11-5-8-14-6-1-3-9-16(14)18/h1-13,20H. The second-order valence-electron chi connectivity index (χ2n) is 4.79. The van der Waals surface area contributed by atoms with Crippen LogP contribution in [0.15, 0.2) is 72.8 Å². The molecule has 0 unspecified atom stereocenters. The zero-order valence-electron chi connectivity index (χ0n) is 11.8. The summed E-state index contributed by atoms with van der Waals surface area (Å²) in [4.78, 5) is 12.0. The Bertz CT molecular complexity index is 845. The monoisotopic (exact) mass is 290 g/mol. The average Bonchev–Trinajstić information content (AvgIpc) is 2.54. The average molecular weight is 290 g/mol. The van der Waals surface area contributed by atoms with Crippen molar-refractivity contribution in [1.82, 2.24) is 0 Å². The molecule has 3 heteroatoms. The van der Waals surface area contributed by atoms with Crippen molar-refractivity contribution >= 4 is 22.8 Å². The van der Waals surface area contributed by atoms with E-state index >= 15 is 0 Å². The molecule has 0 aromatic heterocycles. The third-order valence-electron chi connectivity index (χ3n) is 3.30. The van der Waals surface area contributed by atoms with E-state index in [9.17, 15) is 9.90 Å². The van der Waals surface area contributed by atoms with Gasteiger partial charge in [0.2, 0.25) is 0 Å². The lowest BCUT2D eigenvalue weighted by molar-refractivity contribution is -0.128. The predicted octanol–water partition coefficient (Wildman–Crippen LogP) is 4.16. The summed E-state index contributed by atoms with van der Waals surface area (Å²) in [5, 5.41) is 11.5. The summed E-state index contributed by atoms with van der Waals surface area (Å²) in [5.41, 5.74) is 0.567. The highest BCUT2D eigenvalue weighted by Crippen LogP contribution is 2.25. The molecule has 0 aliphatic heterocycles. The summed E-state index contributed by atoms with van der Waals surface area (Å²) in [7, 11) is 0. The maximum Gasteiger partial charge on any atom is 0.336 e. The lowest BCUT2D eigenvalue weighted by atomic mass is 10.1. The number of esters is 1. The quantitative estimate of drug-likeness (QED) is 0.447. The first-order chi connectivity index (χ1) is 10.7. The number of carbonyl (C=O) groups excluding carboxylic acids is 1. The molecule has 3 aromatic rings. The Morgan fingerprint density at radius 2 is 1.64 bits per heavy atom. The van der Waals surface area contributed by atoms with E-state index in [2.05, 4.69) is 0 Å². The molecule has 3 rings (SSSR count). The van der Waals surface area contributed by atoms with E-state index in [4.69, 9.17) is 4.74 Å². The molecule has 0 bridgehead atoms. The van der Waals surface area contributed by atoms with Crippen molar-refractivity contribution in [2.45, 2.75) is 0 Å². The number of phenolic OH excluding ortho intramolecular Hbond substituents is 1. The first kappa shape index (κ1) is 13.9. The molecule has 1 N–H and O–H groups in total. The van der Waals surface area contributed by atoms with Gasteiger partial charge in [-0.2, -0.15) is 0 Å². The molecule has 0 aliphatic rings. The summed E-state index contributed by atoms with van der Waals surface area (Å²) in [5.74, 6) is 0.154. The summed E-state index contributed by atoms with van der Waals surface area (Å²) in [6.45, 7) is 0. The van der Waals surface area contributed by atoms with Crippen LogP contribution in [0, 0.1) is 0 Å². The Kier molecular flexibility index (Phi) is 3.88. The van der Waals surface area contributed by atoms with E-state index in [1.807, 2.05) is 36.4 Å². The van der Waals surface area contributed by atoms with Crippen LogP contribution in [-0.4, -0.2) is 11.1 Å². The number of benzene rings is 3. The van der Waals surface area contributed by atoms with Gasteiger partial charge in [0.1, 0.15) is 11.5 Å². The fourth-order valence-corrected chi connectivity index (χ4v) is 2.21. The van der Waals surface area contributed by atoms with Crippen LogP contribution >= 0.6 is 0 Å². The number of carbonyl (C=O) groups is 1. The molecule has 0 atom stereocenters. The van der Waals surface area contributed by atoms with Crippen LogP contribution in [0.2, 0.25) is 0 Å². The van der Waals surface area contributed by atoms with Crippen LogP contribution in [-0.2, 0) is 4.79 Å². The number of rotatable bonds is 3. The molecule has 0 saturated heterocycles. The number of aromatic hydroxyl groups is 1. The fourth-order valence-electron chi connectivity index (χ4n) is 2.21. The van der Waals surface area contributed by atoms with Gasteiger partial charge in [0.05, 0.1) is 0 Å². The van der Waals surface area contributed by atoms with Crippen molar-refractivity contribution < 1.29 is 14.6 Å². The number of fused-ring (bicyclic) bond motifs is 1. The highest BCUT2D eigenvalue weighted by Gasteiger charge is 2.05. The SMILES string of the molecule is O=C(C=Cc1ccccc1O)Oc1cccc2ccccc12. The van der Waals surface area contributed by atoms with E-state index in [1.54, 1.807) is 30.3 Å². The van der Waals surface area contributed by atoms with E-state index in [0.29, 0.717) is 11.3 Å². The number of hydrogen-bond donors (Lipinski definition) is 1. The zero-order valence-corrected chi connectivity index (χ0v) is 11.8. The van der Waals surface area contributed by atoms with Crippen LogP contribution in [0.1, 0.15) is 5.56 Å². The number of hydrogen-bond acceptors (Lipinski definition) is 3. The van der Waals surface area contributed by atoms with Gasteiger partial charge < -0.3 is 9.84 Å². The smallest absolute Gasteiger partial charge is 0.336 e. The largest absolute Gasteiger partial charge is 0.507 e. The van der Waals surface area contributed by atoms with E-state index in [1.165, 1.54) is 12.2 Å². The van der Waals surface area contributed by atoms with Gasteiger partial charge in [0.15, 0.2) is 0 Å². The molecule has 0 radical (unpaired) electrons. The van der Waals surface area contributed by atoms with Crippen molar-refractivity contribution in [2.75, 3.05) is 0 Å². The van der Waals surface area contributed by atoms with Crippen molar-refractivity contribution in [3.8, 4) is 11.5 Å². The fraction of sp³-hybridized carbons (Fsp3) is 0. The first-order valence-corrected chi connectivity index (χ1v) is 6.90. The Morgan fingerprint density at radius 1 is 0.909 bits per heavy atom. The molecule has 0 heterocycles. The van der Waals surface area contributed by atoms with Crippen molar-refractivity contribution in [1.29, 1.82) is 0 Å². The lowest BCUT2D eigenvalue weighted by Gasteiger charge is -2.05. The van der Waals surface area contributed by atoms with Gasteiger partial charge in [-0.1, -0.05) is 54.6 Å². The molecule has 3 nitrogen and oxygen atoms in total. The molecule has 22 heavy (non-hydrogen) atoms. The van der Waals surface area contributed by atoms with E-state index < -0.39 is 5.97 Å². The summed E-state index contributed by atoms with van der Waals surface area (Å²) in [6.07, 6.45) is 2.83.